The van der Waals surface area contributed by atoms with Crippen LogP contribution in [0, 0.1) is 0 Å². The molecule has 0 heterocycles. The van der Waals surface area contributed by atoms with Gasteiger partial charge in [-0.1, -0.05) is 11.6 Å². The third kappa shape index (κ3) is 6.24. The first-order valence-electron chi connectivity index (χ1n) is 8.42. The number of likely N-dealkylation sites (N-methyl/N-ethyl adjacent to an activating group) is 1. The van der Waals surface area contributed by atoms with Gasteiger partial charge in [0.15, 0.2) is 12.6 Å². The summed E-state index contributed by atoms with van der Waals surface area (Å²) in [6.45, 7) is 1.66. The van der Waals surface area contributed by atoms with E-state index in [9.17, 15) is 22.8 Å². The standard InChI is InChI=1S/C19H19ClF3N3O2/c1-12(18(28)25-16-7-3-13(4-8-16)19(21,22)23)26(2)11-17(27)24-15-9-5-14(20)6-10-15/h3-10,12H,11H2,1-2H3,(H,24,27)(H,25,28)/p+1/t12-/m1/s1. The van der Waals surface area contributed by atoms with Crippen molar-refractivity contribution < 1.29 is 27.7 Å². The summed E-state index contributed by atoms with van der Waals surface area (Å²) in [4.78, 5) is 25.1. The molecule has 9 heteroatoms. The van der Waals surface area contributed by atoms with E-state index in [1.807, 2.05) is 0 Å². The number of carbonyl (C=O) groups excluding carboxylic acids is 2. The van der Waals surface area contributed by atoms with Crippen molar-refractivity contribution in [2.45, 2.75) is 19.1 Å². The molecule has 0 radical (unpaired) electrons. The van der Waals surface area contributed by atoms with Gasteiger partial charge in [0.1, 0.15) is 0 Å². The van der Waals surface area contributed by atoms with Gasteiger partial charge in [0.05, 0.1) is 12.6 Å². The molecule has 0 aliphatic rings. The number of quaternary nitrogens is 1. The number of halogens is 4. The molecular formula is C19H20ClF3N3O2+. The number of carbonyl (C=O) groups is 2. The van der Waals surface area contributed by atoms with E-state index >= 15 is 0 Å². The second-order valence-electron chi connectivity index (χ2n) is 6.36. The van der Waals surface area contributed by atoms with Gasteiger partial charge in [-0.25, -0.2) is 0 Å². The van der Waals surface area contributed by atoms with E-state index in [2.05, 4.69) is 10.6 Å². The van der Waals surface area contributed by atoms with E-state index in [0.717, 1.165) is 12.1 Å². The number of nitrogens with one attached hydrogen (secondary N) is 3. The molecule has 0 saturated carbocycles. The number of rotatable bonds is 6. The van der Waals surface area contributed by atoms with E-state index in [0.29, 0.717) is 15.6 Å². The Balaban J connectivity index is 1.89. The van der Waals surface area contributed by atoms with Crippen LogP contribution in [-0.2, 0) is 15.8 Å². The molecule has 28 heavy (non-hydrogen) atoms. The van der Waals surface area contributed by atoms with Gasteiger partial charge in [-0.15, -0.1) is 0 Å². The molecule has 0 aliphatic carbocycles. The zero-order chi connectivity index (χ0) is 20.9. The van der Waals surface area contributed by atoms with Crippen LogP contribution < -0.4 is 15.5 Å². The summed E-state index contributed by atoms with van der Waals surface area (Å²) in [7, 11) is 1.68. The number of hydrogen-bond donors (Lipinski definition) is 3. The van der Waals surface area contributed by atoms with Crippen molar-refractivity contribution in [3.05, 3.63) is 59.1 Å². The van der Waals surface area contributed by atoms with Crippen molar-refractivity contribution in [2.75, 3.05) is 24.2 Å². The summed E-state index contributed by atoms with van der Waals surface area (Å²) < 4.78 is 37.7. The maximum Gasteiger partial charge on any atom is 0.416 e. The van der Waals surface area contributed by atoms with E-state index in [4.69, 9.17) is 11.6 Å². The summed E-state index contributed by atoms with van der Waals surface area (Å²) in [5.74, 6) is -0.689. The van der Waals surface area contributed by atoms with Crippen LogP contribution in [0.1, 0.15) is 12.5 Å². The Morgan fingerprint density at radius 1 is 1.00 bits per heavy atom. The summed E-state index contributed by atoms with van der Waals surface area (Å²) >= 11 is 5.79. The van der Waals surface area contributed by atoms with Crippen LogP contribution in [0.3, 0.4) is 0 Å². The molecular weight excluding hydrogens is 395 g/mol. The highest BCUT2D eigenvalue weighted by molar-refractivity contribution is 6.30. The molecule has 0 aromatic heterocycles. The van der Waals surface area contributed by atoms with Gasteiger partial charge in [-0.05, 0) is 55.5 Å². The lowest BCUT2D eigenvalue weighted by Gasteiger charge is -2.20. The molecule has 5 nitrogen and oxygen atoms in total. The van der Waals surface area contributed by atoms with Gasteiger partial charge in [-0.3, -0.25) is 9.59 Å². The first-order chi connectivity index (χ1) is 13.1. The van der Waals surface area contributed by atoms with Gasteiger partial charge in [-0.2, -0.15) is 13.2 Å². The Bertz CT molecular complexity index is 824. The third-order valence-electron chi connectivity index (χ3n) is 4.18. The quantitative estimate of drug-likeness (QED) is 0.680. The smallest absolute Gasteiger partial charge is 0.321 e. The minimum Gasteiger partial charge on any atom is -0.321 e. The van der Waals surface area contributed by atoms with Crippen LogP contribution >= 0.6 is 11.6 Å². The Kier molecular flexibility index (Phi) is 7.04. The highest BCUT2D eigenvalue weighted by Crippen LogP contribution is 2.29. The van der Waals surface area contributed by atoms with E-state index in [-0.39, 0.29) is 18.1 Å². The summed E-state index contributed by atoms with van der Waals surface area (Å²) in [5.41, 5.74) is 0.0486. The largest absolute Gasteiger partial charge is 0.416 e. The first-order valence-corrected chi connectivity index (χ1v) is 8.80. The molecule has 0 fully saturated rings. The third-order valence-corrected chi connectivity index (χ3v) is 4.43. The molecule has 150 valence electrons. The minimum absolute atomic E-state index is 0.0320. The predicted octanol–water partition coefficient (Wildman–Crippen LogP) is 2.84. The van der Waals surface area contributed by atoms with Crippen LogP contribution in [0.5, 0.6) is 0 Å². The highest BCUT2D eigenvalue weighted by Gasteiger charge is 2.30. The Morgan fingerprint density at radius 2 is 1.50 bits per heavy atom. The molecule has 2 aromatic rings. The van der Waals surface area contributed by atoms with Crippen molar-refractivity contribution in [3.63, 3.8) is 0 Å². The lowest BCUT2D eigenvalue weighted by Crippen LogP contribution is -3.14. The number of amides is 2. The molecule has 2 aromatic carbocycles. The topological polar surface area (TPSA) is 62.6 Å². The SMILES string of the molecule is C[C@H](C(=O)Nc1ccc(C(F)(F)F)cc1)[NH+](C)CC(=O)Nc1ccc(Cl)cc1. The van der Waals surface area contributed by atoms with E-state index < -0.39 is 23.7 Å². The maximum atomic E-state index is 12.6. The number of anilines is 2. The van der Waals surface area contributed by atoms with Crippen LogP contribution in [-0.4, -0.2) is 31.4 Å². The van der Waals surface area contributed by atoms with Gasteiger partial charge >= 0.3 is 6.18 Å². The molecule has 1 unspecified atom stereocenters. The van der Waals surface area contributed by atoms with Crippen molar-refractivity contribution in [3.8, 4) is 0 Å². The Morgan fingerprint density at radius 3 is 2.04 bits per heavy atom. The summed E-state index contributed by atoms with van der Waals surface area (Å²) in [6, 6.07) is 10.2. The number of alkyl halides is 3. The molecule has 2 rings (SSSR count). The Labute approximate surface area is 165 Å². The number of hydrogen-bond acceptors (Lipinski definition) is 2. The lowest BCUT2D eigenvalue weighted by atomic mass is 10.2. The summed E-state index contributed by atoms with van der Waals surface area (Å²) in [6.07, 6.45) is -4.43. The number of benzene rings is 2. The lowest BCUT2D eigenvalue weighted by molar-refractivity contribution is -0.885. The fourth-order valence-corrected chi connectivity index (χ4v) is 2.49. The zero-order valence-electron chi connectivity index (χ0n) is 15.2. The fourth-order valence-electron chi connectivity index (χ4n) is 2.36. The maximum absolute atomic E-state index is 12.6. The van der Waals surface area contributed by atoms with Crippen LogP contribution in [0.15, 0.2) is 48.5 Å². The summed E-state index contributed by atoms with van der Waals surface area (Å²) in [5, 5.41) is 5.81. The molecule has 0 bridgehead atoms. The molecule has 2 atom stereocenters. The van der Waals surface area contributed by atoms with Crippen molar-refractivity contribution in [1.82, 2.24) is 0 Å². The van der Waals surface area contributed by atoms with Crippen LogP contribution in [0.4, 0.5) is 24.5 Å². The highest BCUT2D eigenvalue weighted by atomic mass is 35.5. The average molecular weight is 415 g/mol. The van der Waals surface area contributed by atoms with Gasteiger partial charge in [0, 0.05) is 16.4 Å². The van der Waals surface area contributed by atoms with E-state index in [1.165, 1.54) is 12.1 Å². The van der Waals surface area contributed by atoms with Crippen molar-refractivity contribution in [2.24, 2.45) is 0 Å². The Hall–Kier alpha value is -2.58. The second kappa shape index (κ2) is 9.07. The fraction of sp³-hybridized carbons (Fsp3) is 0.263. The molecule has 3 N–H and O–H groups in total. The molecule has 2 amide bonds. The second-order valence-corrected chi connectivity index (χ2v) is 6.80. The molecule has 0 saturated heterocycles. The van der Waals surface area contributed by atoms with Crippen molar-refractivity contribution in [1.29, 1.82) is 0 Å². The monoisotopic (exact) mass is 414 g/mol. The average Bonchev–Trinajstić information content (AvgIpc) is 2.62. The zero-order valence-corrected chi connectivity index (χ0v) is 16.0. The predicted molar refractivity (Wildman–Crippen MR) is 101 cm³/mol. The first kappa shape index (κ1) is 21.7. The molecule has 0 spiro atoms. The van der Waals surface area contributed by atoms with Gasteiger partial charge < -0.3 is 15.5 Å². The van der Waals surface area contributed by atoms with Crippen LogP contribution in [0.25, 0.3) is 0 Å². The van der Waals surface area contributed by atoms with Crippen LogP contribution in [0.2, 0.25) is 5.02 Å². The van der Waals surface area contributed by atoms with Gasteiger partial charge in [0.2, 0.25) is 0 Å². The van der Waals surface area contributed by atoms with E-state index in [1.54, 1.807) is 38.2 Å². The van der Waals surface area contributed by atoms with Gasteiger partial charge in [0.25, 0.3) is 11.8 Å². The normalized spacial score (nSPS) is 13.5. The minimum atomic E-state index is -4.43. The molecule has 0 aliphatic heterocycles. The van der Waals surface area contributed by atoms with Crippen molar-refractivity contribution >= 4 is 34.8 Å².